The molecule has 1 aromatic heterocycles. The van der Waals surface area contributed by atoms with Crippen LogP contribution in [0.4, 0.5) is 0 Å². The largest absolute Gasteiger partial charge is 0.319 e. The van der Waals surface area contributed by atoms with E-state index in [1.165, 1.54) is 5.56 Å². The minimum atomic E-state index is 0.984. The normalized spacial score (nSPS) is 10.5. The van der Waals surface area contributed by atoms with E-state index in [2.05, 4.69) is 28.6 Å². The van der Waals surface area contributed by atoms with Crippen molar-refractivity contribution in [2.24, 2.45) is 0 Å². The molecule has 3 nitrogen and oxygen atoms in total. The average molecular weight is 201 g/mol. The first-order chi connectivity index (χ1) is 7.42. The molecule has 3 heteroatoms. The highest BCUT2D eigenvalue weighted by atomic mass is 15.3. The van der Waals surface area contributed by atoms with Gasteiger partial charge in [0.15, 0.2) is 0 Å². The van der Waals surface area contributed by atoms with E-state index in [1.807, 2.05) is 30.1 Å². The van der Waals surface area contributed by atoms with Gasteiger partial charge in [0, 0.05) is 12.4 Å². The molecule has 0 saturated heterocycles. The maximum absolute atomic E-state index is 4.25. The molecule has 0 saturated carbocycles. The molecule has 0 unspecified atom stereocenters. The van der Waals surface area contributed by atoms with Gasteiger partial charge in [0.05, 0.1) is 5.69 Å². The van der Waals surface area contributed by atoms with Gasteiger partial charge in [0.1, 0.15) is 0 Å². The molecule has 0 amide bonds. The van der Waals surface area contributed by atoms with Crippen molar-refractivity contribution in [1.82, 2.24) is 15.1 Å². The fraction of sp³-hybridized carbons (Fsp3) is 0.250. The summed E-state index contributed by atoms with van der Waals surface area (Å²) in [5.41, 5.74) is 2.48. The third-order valence-electron chi connectivity index (χ3n) is 2.39. The van der Waals surface area contributed by atoms with Crippen molar-refractivity contribution in [3.63, 3.8) is 0 Å². The number of hydrogen-bond donors (Lipinski definition) is 1. The van der Waals surface area contributed by atoms with E-state index in [-0.39, 0.29) is 0 Å². The summed E-state index contributed by atoms with van der Waals surface area (Å²) in [5.74, 6) is 0. The van der Waals surface area contributed by atoms with Crippen LogP contribution >= 0.6 is 0 Å². The van der Waals surface area contributed by atoms with E-state index in [4.69, 9.17) is 0 Å². The fourth-order valence-electron chi connectivity index (χ4n) is 1.62. The Bertz CT molecular complexity index is 407. The SMILES string of the molecule is CNCCc1ccccc1-n1cccn1. The highest BCUT2D eigenvalue weighted by Gasteiger charge is 2.02. The van der Waals surface area contributed by atoms with Gasteiger partial charge < -0.3 is 5.32 Å². The monoisotopic (exact) mass is 201 g/mol. The molecule has 0 radical (unpaired) electrons. The summed E-state index contributed by atoms with van der Waals surface area (Å²) in [6.07, 6.45) is 4.79. The van der Waals surface area contributed by atoms with Crippen molar-refractivity contribution in [1.29, 1.82) is 0 Å². The lowest BCUT2D eigenvalue weighted by molar-refractivity contribution is 0.777. The molecule has 1 heterocycles. The maximum atomic E-state index is 4.25. The molecule has 0 atom stereocenters. The van der Waals surface area contributed by atoms with Crippen LogP contribution < -0.4 is 5.32 Å². The standard InChI is InChI=1S/C12H15N3/c1-13-9-7-11-5-2-3-6-12(11)15-10-4-8-14-15/h2-6,8,10,13H,7,9H2,1H3. The summed E-state index contributed by atoms with van der Waals surface area (Å²) in [4.78, 5) is 0. The first-order valence-electron chi connectivity index (χ1n) is 5.14. The number of nitrogens with zero attached hydrogens (tertiary/aromatic N) is 2. The minimum absolute atomic E-state index is 0.984. The number of nitrogens with one attached hydrogen (secondary N) is 1. The van der Waals surface area contributed by atoms with Gasteiger partial charge in [-0.1, -0.05) is 18.2 Å². The van der Waals surface area contributed by atoms with Gasteiger partial charge in [-0.15, -0.1) is 0 Å². The van der Waals surface area contributed by atoms with Crippen LogP contribution in [-0.4, -0.2) is 23.4 Å². The lowest BCUT2D eigenvalue weighted by Gasteiger charge is -2.08. The third-order valence-corrected chi connectivity index (χ3v) is 2.39. The van der Waals surface area contributed by atoms with Crippen LogP contribution in [0, 0.1) is 0 Å². The Morgan fingerprint density at radius 3 is 2.87 bits per heavy atom. The molecule has 2 aromatic rings. The predicted molar refractivity (Wildman–Crippen MR) is 61.2 cm³/mol. The van der Waals surface area contributed by atoms with Crippen molar-refractivity contribution in [2.45, 2.75) is 6.42 Å². The fourth-order valence-corrected chi connectivity index (χ4v) is 1.62. The smallest absolute Gasteiger partial charge is 0.0677 e. The zero-order valence-corrected chi connectivity index (χ0v) is 8.85. The lowest BCUT2D eigenvalue weighted by Crippen LogP contribution is -2.12. The Balaban J connectivity index is 2.30. The summed E-state index contributed by atoms with van der Waals surface area (Å²) >= 11 is 0. The topological polar surface area (TPSA) is 29.9 Å². The highest BCUT2D eigenvalue weighted by molar-refractivity contribution is 5.40. The number of para-hydroxylation sites is 1. The second-order valence-electron chi connectivity index (χ2n) is 3.43. The molecule has 0 aliphatic heterocycles. The number of aromatic nitrogens is 2. The Morgan fingerprint density at radius 2 is 2.13 bits per heavy atom. The van der Waals surface area contributed by atoms with Crippen molar-refractivity contribution >= 4 is 0 Å². The molecule has 0 aliphatic carbocycles. The Labute approximate surface area is 89.7 Å². The number of rotatable bonds is 4. The summed E-state index contributed by atoms with van der Waals surface area (Å²) in [6, 6.07) is 10.3. The zero-order valence-electron chi connectivity index (χ0n) is 8.85. The minimum Gasteiger partial charge on any atom is -0.319 e. The second-order valence-corrected chi connectivity index (χ2v) is 3.43. The van der Waals surface area contributed by atoms with E-state index < -0.39 is 0 Å². The van der Waals surface area contributed by atoms with E-state index in [0.29, 0.717) is 0 Å². The zero-order chi connectivity index (χ0) is 10.5. The summed E-state index contributed by atoms with van der Waals surface area (Å²) in [7, 11) is 1.97. The molecule has 1 aromatic carbocycles. The van der Waals surface area contributed by atoms with Crippen LogP contribution in [0.3, 0.4) is 0 Å². The molecule has 1 N–H and O–H groups in total. The summed E-state index contributed by atoms with van der Waals surface area (Å²) < 4.78 is 1.91. The molecule has 0 aliphatic rings. The van der Waals surface area contributed by atoms with E-state index in [0.717, 1.165) is 18.7 Å². The molecule has 0 fully saturated rings. The van der Waals surface area contributed by atoms with Gasteiger partial charge in [-0.05, 0) is 37.7 Å². The molecular weight excluding hydrogens is 186 g/mol. The van der Waals surface area contributed by atoms with Crippen molar-refractivity contribution in [3.8, 4) is 5.69 Å². The Kier molecular flexibility index (Phi) is 3.15. The van der Waals surface area contributed by atoms with Gasteiger partial charge in [0.2, 0.25) is 0 Å². The van der Waals surface area contributed by atoms with Crippen molar-refractivity contribution in [2.75, 3.05) is 13.6 Å². The van der Waals surface area contributed by atoms with Crippen molar-refractivity contribution in [3.05, 3.63) is 48.3 Å². The molecule has 15 heavy (non-hydrogen) atoms. The predicted octanol–water partition coefficient (Wildman–Crippen LogP) is 1.63. The van der Waals surface area contributed by atoms with Gasteiger partial charge in [-0.25, -0.2) is 4.68 Å². The summed E-state index contributed by atoms with van der Waals surface area (Å²) in [6.45, 7) is 0.984. The Morgan fingerprint density at radius 1 is 1.27 bits per heavy atom. The molecule has 0 bridgehead atoms. The first kappa shape index (κ1) is 9.93. The van der Waals surface area contributed by atoms with Gasteiger partial charge in [-0.2, -0.15) is 5.10 Å². The Hall–Kier alpha value is -1.61. The lowest BCUT2D eigenvalue weighted by atomic mass is 10.1. The van der Waals surface area contributed by atoms with E-state index in [1.54, 1.807) is 6.20 Å². The first-order valence-corrected chi connectivity index (χ1v) is 5.14. The van der Waals surface area contributed by atoms with Gasteiger partial charge in [0.25, 0.3) is 0 Å². The quantitative estimate of drug-likeness (QED) is 0.815. The van der Waals surface area contributed by atoms with E-state index >= 15 is 0 Å². The van der Waals surface area contributed by atoms with Gasteiger partial charge >= 0.3 is 0 Å². The summed E-state index contributed by atoms with van der Waals surface area (Å²) in [5, 5.41) is 7.41. The highest BCUT2D eigenvalue weighted by Crippen LogP contribution is 2.13. The van der Waals surface area contributed by atoms with Crippen LogP contribution in [0.15, 0.2) is 42.7 Å². The molecule has 78 valence electrons. The van der Waals surface area contributed by atoms with E-state index in [9.17, 15) is 0 Å². The second kappa shape index (κ2) is 4.75. The molecular formula is C12H15N3. The van der Waals surface area contributed by atoms with Crippen LogP contribution in [0.1, 0.15) is 5.56 Å². The number of likely N-dealkylation sites (N-methyl/N-ethyl adjacent to an activating group) is 1. The number of benzene rings is 1. The average Bonchev–Trinajstić information content (AvgIpc) is 2.80. The third kappa shape index (κ3) is 2.25. The van der Waals surface area contributed by atoms with Crippen LogP contribution in [0.2, 0.25) is 0 Å². The molecule has 0 spiro atoms. The van der Waals surface area contributed by atoms with Crippen LogP contribution in [0.5, 0.6) is 0 Å². The maximum Gasteiger partial charge on any atom is 0.0677 e. The van der Waals surface area contributed by atoms with Crippen LogP contribution in [0.25, 0.3) is 5.69 Å². The number of hydrogen-bond acceptors (Lipinski definition) is 2. The van der Waals surface area contributed by atoms with Crippen molar-refractivity contribution < 1.29 is 0 Å². The van der Waals surface area contributed by atoms with Crippen LogP contribution in [-0.2, 0) is 6.42 Å². The molecule has 2 rings (SSSR count). The van der Waals surface area contributed by atoms with Gasteiger partial charge in [-0.3, -0.25) is 0 Å².